The van der Waals surface area contributed by atoms with Crippen molar-refractivity contribution in [3.63, 3.8) is 0 Å². The summed E-state index contributed by atoms with van der Waals surface area (Å²) < 4.78 is 4.91. The summed E-state index contributed by atoms with van der Waals surface area (Å²) in [5.74, 6) is 3.03. The van der Waals surface area contributed by atoms with Crippen LogP contribution in [0.15, 0.2) is 72.8 Å². The first-order valence-corrected chi connectivity index (χ1v) is 23.8. The number of piperidine rings is 4. The molecule has 61 heavy (non-hydrogen) atoms. The van der Waals surface area contributed by atoms with Gasteiger partial charge in [-0.05, 0) is 135 Å². The number of benzene rings is 3. The van der Waals surface area contributed by atoms with E-state index < -0.39 is 0 Å². The Kier molecular flexibility index (Phi) is 18.6. The third-order valence-electron chi connectivity index (χ3n) is 13.4. The fourth-order valence-corrected chi connectivity index (χ4v) is 10.2. The molecule has 2 amide bonds. The van der Waals surface area contributed by atoms with E-state index in [-0.39, 0.29) is 22.8 Å². The molecule has 4 saturated heterocycles. The van der Waals surface area contributed by atoms with Crippen molar-refractivity contribution in [3.8, 4) is 0 Å². The summed E-state index contributed by atoms with van der Waals surface area (Å²) >= 11 is 3.23. The predicted octanol–water partition coefficient (Wildman–Crippen LogP) is 9.29. The summed E-state index contributed by atoms with van der Waals surface area (Å²) in [6.45, 7) is 8.05. The van der Waals surface area contributed by atoms with Crippen molar-refractivity contribution in [2.45, 2.75) is 94.9 Å². The van der Waals surface area contributed by atoms with Crippen LogP contribution in [0.3, 0.4) is 0 Å². The van der Waals surface area contributed by atoms with Gasteiger partial charge in [0.15, 0.2) is 17.6 Å². The number of rotatable bonds is 12. The number of hydrogen-bond donors (Lipinski definition) is 2. The maximum Gasteiger partial charge on any atom is 0.340 e. The maximum absolute atomic E-state index is 12.8. The van der Waals surface area contributed by atoms with E-state index >= 15 is 0 Å². The Morgan fingerprint density at radius 1 is 0.574 bits per heavy atom. The molecule has 8 rings (SSSR count). The molecule has 328 valence electrons. The first kappa shape index (κ1) is 46.3. The lowest BCUT2D eigenvalue weighted by Gasteiger charge is -2.34. The van der Waals surface area contributed by atoms with E-state index in [1.807, 2.05) is 28.0 Å². The summed E-state index contributed by atoms with van der Waals surface area (Å²) in [4.78, 5) is 63.0. The molecule has 0 radical (unpaired) electrons. The standard InChI is InChI=1S/C29H34N2O4.C13H26N2.C8H5BrO2/c32-20-24-8-1-3-10-26(24)28(34)30-16-12-22(13-17-30)6-5-7-23-14-18-31(19-15-23)29(35)27-11-4-2-9-25(27)21-33;1(2-12-4-8-14-9-5-12)3-13-6-10-15-11-7-13;9-7-5-3-1-2-4-6(5)8(10)11-7/h1-4,8-11,20-23H,5-7,12-19H2;12-15H,1-11H2;1-4,7H. The zero-order valence-electron chi connectivity index (χ0n) is 35.7. The number of cyclic esters (lactones) is 1. The minimum absolute atomic E-state index is 0.0387. The Bertz CT molecular complexity index is 1780. The fraction of sp³-hybridized carbons (Fsp3) is 0.540. The second-order valence-electron chi connectivity index (χ2n) is 17.4. The van der Waals surface area contributed by atoms with Gasteiger partial charge < -0.3 is 25.2 Å². The molecule has 1 atom stereocenters. The normalized spacial score (nSPS) is 20.0. The van der Waals surface area contributed by atoms with Crippen molar-refractivity contribution < 1.29 is 28.7 Å². The van der Waals surface area contributed by atoms with Crippen molar-refractivity contribution in [2.75, 3.05) is 52.4 Å². The van der Waals surface area contributed by atoms with Crippen molar-refractivity contribution in [1.82, 2.24) is 20.4 Å². The SMILES string of the molecule is C(CC1CCNCC1)CC1CCNCC1.O=C1OC(Br)c2ccccc21.O=Cc1ccccc1C(=O)N1CCC(CCCC2CCN(C(=O)c3ccccc3C=O)CC2)CC1. The smallest absolute Gasteiger partial charge is 0.340 e. The molecule has 3 aromatic carbocycles. The van der Waals surface area contributed by atoms with Crippen molar-refractivity contribution in [2.24, 2.45) is 23.7 Å². The van der Waals surface area contributed by atoms with Gasteiger partial charge in [0, 0.05) is 42.9 Å². The lowest BCUT2D eigenvalue weighted by Crippen LogP contribution is -2.39. The molecule has 3 aromatic rings. The Morgan fingerprint density at radius 2 is 0.951 bits per heavy atom. The minimum Gasteiger partial charge on any atom is -0.442 e. The number of alkyl halides is 1. The number of nitrogens with one attached hydrogen (secondary N) is 2. The largest absolute Gasteiger partial charge is 0.442 e. The third-order valence-corrected chi connectivity index (χ3v) is 14.1. The van der Waals surface area contributed by atoms with Gasteiger partial charge in [0.1, 0.15) is 0 Å². The van der Waals surface area contributed by atoms with E-state index in [0.29, 0.717) is 39.7 Å². The third kappa shape index (κ3) is 13.6. The summed E-state index contributed by atoms with van der Waals surface area (Å²) in [6.07, 6.45) is 19.3. The fourth-order valence-electron chi connectivity index (χ4n) is 9.61. The second-order valence-corrected chi connectivity index (χ2v) is 18.3. The first-order chi connectivity index (χ1) is 29.8. The molecule has 1 unspecified atom stereocenters. The van der Waals surface area contributed by atoms with Crippen molar-refractivity contribution >= 4 is 46.3 Å². The van der Waals surface area contributed by atoms with Gasteiger partial charge in [-0.15, -0.1) is 0 Å². The molecule has 0 aliphatic carbocycles. The average molecular weight is 898 g/mol. The molecule has 0 saturated carbocycles. The Hall–Kier alpha value is -4.19. The number of esters is 1. The van der Waals surface area contributed by atoms with Crippen molar-refractivity contribution in [3.05, 3.63) is 106 Å². The molecular formula is C50H65BrN4O6. The van der Waals surface area contributed by atoms with Crippen LogP contribution in [0.25, 0.3) is 0 Å². The van der Waals surface area contributed by atoms with Crippen LogP contribution in [0.2, 0.25) is 0 Å². The molecule has 0 aromatic heterocycles. The van der Waals surface area contributed by atoms with Gasteiger partial charge in [0.2, 0.25) is 0 Å². The van der Waals surface area contributed by atoms with E-state index in [1.165, 1.54) is 90.4 Å². The Labute approximate surface area is 371 Å². The van der Waals surface area contributed by atoms with Crippen molar-refractivity contribution in [1.29, 1.82) is 0 Å². The zero-order chi connectivity index (χ0) is 42.8. The van der Waals surface area contributed by atoms with E-state index in [4.69, 9.17) is 4.74 Å². The zero-order valence-corrected chi connectivity index (χ0v) is 37.3. The highest BCUT2D eigenvalue weighted by atomic mass is 79.9. The topological polar surface area (TPSA) is 125 Å². The minimum atomic E-state index is -0.258. The predicted molar refractivity (Wildman–Crippen MR) is 243 cm³/mol. The summed E-state index contributed by atoms with van der Waals surface area (Å²) in [6, 6.07) is 21.4. The lowest BCUT2D eigenvalue weighted by molar-refractivity contribution is 0.0529. The number of ether oxygens (including phenoxy) is 1. The number of carbonyl (C=O) groups excluding carboxylic acids is 5. The molecular weight excluding hydrogens is 832 g/mol. The van der Waals surface area contributed by atoms with Gasteiger partial charge in [-0.1, -0.05) is 93.1 Å². The van der Waals surface area contributed by atoms with Crippen LogP contribution >= 0.6 is 15.9 Å². The maximum atomic E-state index is 12.8. The van der Waals surface area contributed by atoms with Crippen LogP contribution < -0.4 is 10.6 Å². The van der Waals surface area contributed by atoms with E-state index in [2.05, 4.69) is 26.6 Å². The van der Waals surface area contributed by atoms with Crippen LogP contribution in [0.5, 0.6) is 0 Å². The van der Waals surface area contributed by atoms with Gasteiger partial charge in [-0.3, -0.25) is 19.2 Å². The number of hydrogen-bond acceptors (Lipinski definition) is 8. The number of amides is 2. The highest BCUT2D eigenvalue weighted by Crippen LogP contribution is 2.34. The molecule has 4 fully saturated rings. The summed E-state index contributed by atoms with van der Waals surface area (Å²) in [5.41, 5.74) is 3.49. The van der Waals surface area contributed by atoms with Crippen LogP contribution in [-0.4, -0.2) is 92.5 Å². The van der Waals surface area contributed by atoms with E-state index in [0.717, 1.165) is 81.8 Å². The van der Waals surface area contributed by atoms with Crippen LogP contribution in [-0.2, 0) is 4.74 Å². The quantitative estimate of drug-likeness (QED) is 0.105. The molecule has 10 nitrogen and oxygen atoms in total. The summed E-state index contributed by atoms with van der Waals surface area (Å²) in [5, 5.41) is 6.63. The second kappa shape index (κ2) is 24.4. The number of nitrogens with zero attached hydrogens (tertiary/aromatic N) is 2. The van der Waals surface area contributed by atoms with Crippen LogP contribution in [0.4, 0.5) is 0 Å². The molecule has 11 heteroatoms. The van der Waals surface area contributed by atoms with Crippen LogP contribution in [0, 0.1) is 23.7 Å². The van der Waals surface area contributed by atoms with E-state index in [9.17, 15) is 24.0 Å². The highest BCUT2D eigenvalue weighted by molar-refractivity contribution is 9.09. The highest BCUT2D eigenvalue weighted by Gasteiger charge is 2.29. The van der Waals surface area contributed by atoms with Gasteiger partial charge in [0.05, 0.1) is 16.7 Å². The molecule has 2 N–H and O–H groups in total. The first-order valence-electron chi connectivity index (χ1n) is 22.9. The molecule has 5 heterocycles. The average Bonchev–Trinajstić information content (AvgIpc) is 3.62. The Balaban J connectivity index is 0.000000193. The number of carbonyl (C=O) groups is 5. The van der Waals surface area contributed by atoms with Gasteiger partial charge >= 0.3 is 5.97 Å². The Morgan fingerprint density at radius 3 is 1.36 bits per heavy atom. The van der Waals surface area contributed by atoms with Gasteiger partial charge in [0.25, 0.3) is 11.8 Å². The molecule has 5 aliphatic rings. The van der Waals surface area contributed by atoms with Gasteiger partial charge in [-0.25, -0.2) is 4.79 Å². The number of likely N-dealkylation sites (tertiary alicyclic amines) is 2. The van der Waals surface area contributed by atoms with E-state index in [1.54, 1.807) is 54.6 Å². The number of halogens is 1. The molecule has 0 spiro atoms. The summed E-state index contributed by atoms with van der Waals surface area (Å²) in [7, 11) is 0. The van der Waals surface area contributed by atoms with Crippen LogP contribution in [0.1, 0.15) is 152 Å². The number of fused-ring (bicyclic) bond motifs is 1. The molecule has 5 aliphatic heterocycles. The lowest BCUT2D eigenvalue weighted by atomic mass is 9.86. The molecule has 0 bridgehead atoms. The van der Waals surface area contributed by atoms with Gasteiger partial charge in [-0.2, -0.15) is 0 Å². The monoisotopic (exact) mass is 896 g/mol. The number of aldehydes is 2.